The van der Waals surface area contributed by atoms with E-state index in [2.05, 4.69) is 29.0 Å². The molecule has 0 spiro atoms. The molecule has 1 aromatic carbocycles. The van der Waals surface area contributed by atoms with Gasteiger partial charge in [-0.25, -0.2) is 12.8 Å². The second-order valence-electron chi connectivity index (χ2n) is 6.75. The van der Waals surface area contributed by atoms with Crippen molar-refractivity contribution in [1.29, 1.82) is 0 Å². The number of nitrogens with one attached hydrogen (secondary N) is 2. The van der Waals surface area contributed by atoms with Crippen molar-refractivity contribution < 1.29 is 8.42 Å². The monoisotopic (exact) mass is 316 g/mol. The summed E-state index contributed by atoms with van der Waals surface area (Å²) in [4.78, 5) is 3.77. The lowest BCUT2D eigenvalue weighted by Crippen LogP contribution is -2.45. The molecular formula is C12H24N2O2SSi2. The summed E-state index contributed by atoms with van der Waals surface area (Å²) in [6, 6.07) is 6.98. The molecule has 108 valence electrons. The van der Waals surface area contributed by atoms with Crippen LogP contribution in [0.5, 0.6) is 0 Å². The Morgan fingerprint density at radius 3 is 1.68 bits per heavy atom. The molecule has 0 fully saturated rings. The summed E-state index contributed by atoms with van der Waals surface area (Å²) in [5.41, 5.74) is 0.978. The molecule has 0 saturated heterocycles. The molecule has 1 aromatic rings. The van der Waals surface area contributed by atoms with E-state index in [0.717, 1.165) is 5.69 Å². The fourth-order valence-electron chi connectivity index (χ4n) is 1.61. The Bertz CT molecular complexity index is 528. The van der Waals surface area contributed by atoms with E-state index in [9.17, 15) is 8.42 Å². The van der Waals surface area contributed by atoms with Crippen molar-refractivity contribution in [2.75, 3.05) is 4.98 Å². The molecule has 0 amide bonds. The van der Waals surface area contributed by atoms with Crippen LogP contribution in [0.2, 0.25) is 39.3 Å². The number of rotatable bonds is 5. The van der Waals surface area contributed by atoms with Crippen LogP contribution < -0.4 is 9.37 Å². The van der Waals surface area contributed by atoms with E-state index in [0.29, 0.717) is 4.90 Å². The van der Waals surface area contributed by atoms with Gasteiger partial charge in [-0.05, 0) is 24.3 Å². The van der Waals surface area contributed by atoms with Gasteiger partial charge in [-0.15, -0.1) is 0 Å². The van der Waals surface area contributed by atoms with Gasteiger partial charge in [-0.2, -0.15) is 0 Å². The normalized spacial score (nSPS) is 13.4. The third-order valence-corrected chi connectivity index (χ3v) is 7.58. The quantitative estimate of drug-likeness (QED) is 0.821. The second kappa shape index (κ2) is 5.39. The summed E-state index contributed by atoms with van der Waals surface area (Å²) in [5, 5.41) is 0. The number of anilines is 1. The maximum atomic E-state index is 12.2. The number of benzene rings is 1. The molecule has 19 heavy (non-hydrogen) atoms. The van der Waals surface area contributed by atoms with Gasteiger partial charge in [0.2, 0.25) is 10.0 Å². The van der Waals surface area contributed by atoms with Crippen LogP contribution >= 0.6 is 0 Å². The number of sulfonamides is 1. The first-order chi connectivity index (χ1) is 8.39. The Kier molecular flexibility index (Phi) is 4.66. The largest absolute Gasteiger partial charge is 0.411 e. The molecule has 0 saturated carbocycles. The van der Waals surface area contributed by atoms with Crippen LogP contribution in [0.1, 0.15) is 0 Å². The lowest BCUT2D eigenvalue weighted by molar-refractivity contribution is 0.593. The Morgan fingerprint density at radius 1 is 0.842 bits per heavy atom. The molecule has 0 unspecified atom stereocenters. The zero-order valence-corrected chi connectivity index (χ0v) is 15.4. The lowest BCUT2D eigenvalue weighted by atomic mass is 10.3. The van der Waals surface area contributed by atoms with Gasteiger partial charge < -0.3 is 4.98 Å². The van der Waals surface area contributed by atoms with Crippen molar-refractivity contribution in [1.82, 2.24) is 4.39 Å². The summed E-state index contributed by atoms with van der Waals surface area (Å²) in [5.74, 6) is 0. The number of hydrogen-bond donors (Lipinski definition) is 2. The van der Waals surface area contributed by atoms with Gasteiger partial charge in [0.1, 0.15) is 16.5 Å². The molecule has 0 aliphatic carbocycles. The summed E-state index contributed by atoms with van der Waals surface area (Å²) in [6.07, 6.45) is 0. The van der Waals surface area contributed by atoms with E-state index in [1.54, 1.807) is 12.1 Å². The molecule has 0 heterocycles. The van der Waals surface area contributed by atoms with Gasteiger partial charge in [0, 0.05) is 5.69 Å². The molecule has 0 aliphatic rings. The Balaban J connectivity index is 2.93. The first-order valence-electron chi connectivity index (χ1n) is 6.31. The van der Waals surface area contributed by atoms with E-state index in [1.807, 2.05) is 31.8 Å². The SMILES string of the molecule is C[Si](C)(C)Nc1ccc(S(=O)(=O)N[Si](C)(C)C)cc1. The Labute approximate surface area is 118 Å². The molecule has 2 N–H and O–H groups in total. The maximum Gasteiger partial charge on any atom is 0.234 e. The predicted octanol–water partition coefficient (Wildman–Crippen LogP) is 3.05. The third-order valence-electron chi connectivity index (χ3n) is 2.12. The highest BCUT2D eigenvalue weighted by Crippen LogP contribution is 2.17. The Hall–Kier alpha value is -0.636. The van der Waals surface area contributed by atoms with Crippen LogP contribution in [-0.2, 0) is 10.0 Å². The molecular weight excluding hydrogens is 292 g/mol. The maximum absolute atomic E-state index is 12.2. The Morgan fingerprint density at radius 2 is 1.32 bits per heavy atom. The average molecular weight is 317 g/mol. The fraction of sp³-hybridized carbons (Fsp3) is 0.500. The molecule has 0 aromatic heterocycles. The van der Waals surface area contributed by atoms with Crippen molar-refractivity contribution in [2.45, 2.75) is 44.2 Å². The molecule has 7 heteroatoms. The molecule has 0 aliphatic heterocycles. The zero-order chi connectivity index (χ0) is 14.9. The molecule has 1 rings (SSSR count). The van der Waals surface area contributed by atoms with E-state index in [1.165, 1.54) is 0 Å². The summed E-state index contributed by atoms with van der Waals surface area (Å²) in [7, 11) is -6.66. The predicted molar refractivity (Wildman–Crippen MR) is 87.1 cm³/mol. The minimum Gasteiger partial charge on any atom is -0.411 e. The van der Waals surface area contributed by atoms with Crippen LogP contribution in [0.3, 0.4) is 0 Å². The van der Waals surface area contributed by atoms with Gasteiger partial charge in [-0.3, -0.25) is 0 Å². The van der Waals surface area contributed by atoms with Crippen LogP contribution in [0.4, 0.5) is 5.69 Å². The first kappa shape index (κ1) is 16.4. The molecule has 0 atom stereocenters. The highest BCUT2D eigenvalue weighted by molar-refractivity contribution is 7.91. The van der Waals surface area contributed by atoms with E-state index >= 15 is 0 Å². The van der Waals surface area contributed by atoms with Gasteiger partial charge in [0.05, 0.1) is 4.90 Å². The van der Waals surface area contributed by atoms with Gasteiger partial charge in [-0.1, -0.05) is 39.3 Å². The topological polar surface area (TPSA) is 58.2 Å². The highest BCUT2D eigenvalue weighted by Gasteiger charge is 2.23. The van der Waals surface area contributed by atoms with Crippen molar-refractivity contribution in [3.05, 3.63) is 24.3 Å². The fourth-order valence-corrected chi connectivity index (χ4v) is 6.84. The van der Waals surface area contributed by atoms with E-state index in [4.69, 9.17) is 0 Å². The smallest absolute Gasteiger partial charge is 0.234 e. The van der Waals surface area contributed by atoms with Crippen LogP contribution in [0, 0.1) is 0 Å². The van der Waals surface area contributed by atoms with Crippen LogP contribution in [-0.4, -0.2) is 24.9 Å². The lowest BCUT2D eigenvalue weighted by Gasteiger charge is -2.20. The van der Waals surface area contributed by atoms with Gasteiger partial charge in [0.15, 0.2) is 0 Å². The zero-order valence-electron chi connectivity index (χ0n) is 12.5. The molecule has 4 nitrogen and oxygen atoms in total. The summed E-state index contributed by atoms with van der Waals surface area (Å²) >= 11 is 0. The van der Waals surface area contributed by atoms with Crippen molar-refractivity contribution in [3.8, 4) is 0 Å². The highest BCUT2D eigenvalue weighted by atomic mass is 32.2. The second-order valence-corrected chi connectivity index (χ2v) is 18.3. The van der Waals surface area contributed by atoms with E-state index in [-0.39, 0.29) is 0 Å². The average Bonchev–Trinajstić information content (AvgIpc) is 2.11. The summed E-state index contributed by atoms with van der Waals surface area (Å²) < 4.78 is 27.1. The van der Waals surface area contributed by atoms with Crippen LogP contribution in [0.15, 0.2) is 29.2 Å². The molecule has 0 radical (unpaired) electrons. The third kappa shape index (κ3) is 5.90. The van der Waals surface area contributed by atoms with Gasteiger partial charge >= 0.3 is 0 Å². The molecule has 0 bridgehead atoms. The van der Waals surface area contributed by atoms with Crippen molar-refractivity contribution in [3.63, 3.8) is 0 Å². The van der Waals surface area contributed by atoms with Crippen molar-refractivity contribution in [2.24, 2.45) is 0 Å². The number of hydrogen-bond acceptors (Lipinski definition) is 3. The van der Waals surface area contributed by atoms with Crippen LogP contribution in [0.25, 0.3) is 0 Å². The standard InChI is InChI=1S/C12H24N2O2SSi2/c1-18(2,3)13-11-7-9-12(10-8-11)17(15,16)14-19(4,5)6/h7-10,13-14H,1-6H3. The minimum absolute atomic E-state index is 0.330. The first-order valence-corrected chi connectivity index (χ1v) is 14.8. The van der Waals surface area contributed by atoms with Gasteiger partial charge in [0.25, 0.3) is 0 Å². The van der Waals surface area contributed by atoms with E-state index < -0.39 is 26.5 Å². The summed E-state index contributed by atoms with van der Waals surface area (Å²) in [6.45, 7) is 12.5. The minimum atomic E-state index is -3.38. The van der Waals surface area contributed by atoms with Crippen molar-refractivity contribution >= 4 is 32.2 Å².